The molecule has 1 aromatic rings. The van der Waals surface area contributed by atoms with Crippen LogP contribution in [0, 0.1) is 5.92 Å². The normalized spacial score (nSPS) is 12.6. The lowest BCUT2D eigenvalue weighted by atomic mass is 10.0. The fourth-order valence-corrected chi connectivity index (χ4v) is 2.15. The van der Waals surface area contributed by atoms with Gasteiger partial charge in [-0.25, -0.2) is 0 Å². The van der Waals surface area contributed by atoms with Gasteiger partial charge >= 0.3 is 5.97 Å². The third kappa shape index (κ3) is 3.38. The van der Waals surface area contributed by atoms with Crippen LogP contribution in [0.25, 0.3) is 0 Å². The summed E-state index contributed by atoms with van der Waals surface area (Å²) in [5, 5.41) is 10.5. The van der Waals surface area contributed by atoms with Crippen LogP contribution in [-0.4, -0.2) is 11.1 Å². The number of hydrogen-bond donors (Lipinski definition) is 2. The standard InChI is InChI=1S/C10H15NO2S/c1-7(6-10(12)13)2-3-9-8(11)4-5-14-9/h4-5,7H,2-3,6,11H2,1H3,(H,12,13). The SMILES string of the molecule is CC(CCc1sccc1N)CC(=O)O. The van der Waals surface area contributed by atoms with Crippen LogP contribution < -0.4 is 5.73 Å². The first-order valence-corrected chi connectivity index (χ1v) is 5.51. The summed E-state index contributed by atoms with van der Waals surface area (Å²) >= 11 is 1.64. The van der Waals surface area contributed by atoms with Gasteiger partial charge in [-0.2, -0.15) is 0 Å². The second-order valence-electron chi connectivity index (χ2n) is 3.54. The second-order valence-corrected chi connectivity index (χ2v) is 4.54. The van der Waals surface area contributed by atoms with Gasteiger partial charge in [-0.15, -0.1) is 11.3 Å². The van der Waals surface area contributed by atoms with E-state index in [4.69, 9.17) is 10.8 Å². The molecule has 1 rings (SSSR count). The van der Waals surface area contributed by atoms with E-state index in [-0.39, 0.29) is 12.3 Å². The van der Waals surface area contributed by atoms with Crippen molar-refractivity contribution in [2.75, 3.05) is 5.73 Å². The number of carbonyl (C=O) groups is 1. The Bertz CT molecular complexity index is 309. The van der Waals surface area contributed by atoms with Crippen molar-refractivity contribution in [2.45, 2.75) is 26.2 Å². The average Bonchev–Trinajstić information content (AvgIpc) is 2.46. The average molecular weight is 213 g/mol. The fraction of sp³-hybridized carbons (Fsp3) is 0.500. The fourth-order valence-electron chi connectivity index (χ4n) is 1.33. The summed E-state index contributed by atoms with van der Waals surface area (Å²) in [6, 6.07) is 1.89. The van der Waals surface area contributed by atoms with Crippen LogP contribution in [0.2, 0.25) is 0 Å². The van der Waals surface area contributed by atoms with Crippen molar-refractivity contribution >= 4 is 23.0 Å². The number of nitrogen functional groups attached to an aromatic ring is 1. The van der Waals surface area contributed by atoms with Crippen molar-refractivity contribution in [2.24, 2.45) is 5.92 Å². The van der Waals surface area contributed by atoms with Gasteiger partial charge in [0.1, 0.15) is 0 Å². The Hall–Kier alpha value is -1.03. The minimum absolute atomic E-state index is 0.217. The zero-order valence-corrected chi connectivity index (χ0v) is 9.01. The molecule has 0 aliphatic carbocycles. The molecule has 78 valence electrons. The summed E-state index contributed by atoms with van der Waals surface area (Å²) in [6.07, 6.45) is 2.01. The lowest BCUT2D eigenvalue weighted by molar-refractivity contribution is -0.138. The molecule has 3 nitrogen and oxygen atoms in total. The molecule has 0 aliphatic heterocycles. The van der Waals surface area contributed by atoms with E-state index in [9.17, 15) is 4.79 Å². The van der Waals surface area contributed by atoms with Gasteiger partial charge in [0.15, 0.2) is 0 Å². The van der Waals surface area contributed by atoms with Gasteiger partial charge in [-0.1, -0.05) is 6.92 Å². The predicted molar refractivity (Wildman–Crippen MR) is 58.5 cm³/mol. The Morgan fingerprint density at radius 2 is 2.43 bits per heavy atom. The number of nitrogens with two attached hydrogens (primary N) is 1. The quantitative estimate of drug-likeness (QED) is 0.789. The minimum atomic E-state index is -0.725. The summed E-state index contributed by atoms with van der Waals surface area (Å²) in [5.74, 6) is -0.509. The number of aryl methyl sites for hydroxylation is 1. The third-order valence-corrected chi connectivity index (χ3v) is 3.16. The first-order chi connectivity index (χ1) is 6.59. The van der Waals surface area contributed by atoms with E-state index in [0.29, 0.717) is 0 Å². The summed E-state index contributed by atoms with van der Waals surface area (Å²) in [6.45, 7) is 1.96. The van der Waals surface area contributed by atoms with Gasteiger partial charge in [0, 0.05) is 17.0 Å². The molecule has 0 saturated carbocycles. The van der Waals surface area contributed by atoms with Crippen molar-refractivity contribution in [1.82, 2.24) is 0 Å². The molecule has 1 heterocycles. The van der Waals surface area contributed by atoms with Gasteiger partial charge in [0.25, 0.3) is 0 Å². The van der Waals surface area contributed by atoms with Gasteiger partial charge in [0.05, 0.1) is 0 Å². The lowest BCUT2D eigenvalue weighted by Gasteiger charge is -2.07. The van der Waals surface area contributed by atoms with Crippen LogP contribution in [0.1, 0.15) is 24.6 Å². The maximum atomic E-state index is 10.4. The van der Waals surface area contributed by atoms with Gasteiger partial charge in [0.2, 0.25) is 0 Å². The van der Waals surface area contributed by atoms with E-state index in [2.05, 4.69) is 0 Å². The molecule has 0 amide bonds. The zero-order valence-electron chi connectivity index (χ0n) is 8.19. The smallest absolute Gasteiger partial charge is 0.303 e. The van der Waals surface area contributed by atoms with Crippen molar-refractivity contribution < 1.29 is 9.90 Å². The zero-order chi connectivity index (χ0) is 10.6. The van der Waals surface area contributed by atoms with Crippen molar-refractivity contribution in [3.8, 4) is 0 Å². The summed E-state index contributed by atoms with van der Waals surface area (Å²) in [4.78, 5) is 11.6. The molecule has 0 aliphatic rings. The molecule has 14 heavy (non-hydrogen) atoms. The van der Waals surface area contributed by atoms with Crippen molar-refractivity contribution in [3.05, 3.63) is 16.3 Å². The van der Waals surface area contributed by atoms with Crippen LogP contribution in [0.4, 0.5) is 5.69 Å². The Kier molecular flexibility index (Phi) is 3.95. The number of hydrogen-bond acceptors (Lipinski definition) is 3. The van der Waals surface area contributed by atoms with Crippen LogP contribution in [0.3, 0.4) is 0 Å². The first-order valence-electron chi connectivity index (χ1n) is 4.63. The summed E-state index contributed by atoms with van der Waals surface area (Å²) in [7, 11) is 0. The number of anilines is 1. The highest BCUT2D eigenvalue weighted by molar-refractivity contribution is 7.10. The van der Waals surface area contributed by atoms with E-state index in [0.717, 1.165) is 18.5 Å². The molecule has 1 aromatic heterocycles. The Morgan fingerprint density at radius 1 is 1.71 bits per heavy atom. The molecule has 3 N–H and O–H groups in total. The predicted octanol–water partition coefficient (Wildman–Crippen LogP) is 2.37. The molecule has 0 spiro atoms. The summed E-state index contributed by atoms with van der Waals surface area (Å²) < 4.78 is 0. The molecule has 1 unspecified atom stereocenters. The molecular formula is C10H15NO2S. The maximum Gasteiger partial charge on any atom is 0.303 e. The highest BCUT2D eigenvalue weighted by atomic mass is 32.1. The molecular weight excluding hydrogens is 198 g/mol. The molecule has 0 aromatic carbocycles. The van der Waals surface area contributed by atoms with Gasteiger partial charge in [-0.05, 0) is 30.2 Å². The van der Waals surface area contributed by atoms with Crippen LogP contribution >= 0.6 is 11.3 Å². The summed E-state index contributed by atoms with van der Waals surface area (Å²) in [5.41, 5.74) is 6.55. The second kappa shape index (κ2) is 5.00. The van der Waals surface area contributed by atoms with E-state index >= 15 is 0 Å². The van der Waals surface area contributed by atoms with Crippen LogP contribution in [-0.2, 0) is 11.2 Å². The minimum Gasteiger partial charge on any atom is -0.481 e. The van der Waals surface area contributed by atoms with Gasteiger partial charge < -0.3 is 10.8 Å². The Balaban J connectivity index is 2.34. The third-order valence-electron chi connectivity index (χ3n) is 2.17. The number of thiophene rings is 1. The van der Waals surface area contributed by atoms with E-state index < -0.39 is 5.97 Å². The number of rotatable bonds is 5. The highest BCUT2D eigenvalue weighted by Gasteiger charge is 2.09. The first kappa shape index (κ1) is 11.0. The van der Waals surface area contributed by atoms with E-state index in [1.54, 1.807) is 11.3 Å². The molecule has 0 radical (unpaired) electrons. The molecule has 4 heteroatoms. The molecule has 1 atom stereocenters. The monoisotopic (exact) mass is 213 g/mol. The largest absolute Gasteiger partial charge is 0.481 e. The highest BCUT2D eigenvalue weighted by Crippen LogP contribution is 2.22. The maximum absolute atomic E-state index is 10.4. The Labute approximate surface area is 87.6 Å². The number of carboxylic acids is 1. The topological polar surface area (TPSA) is 63.3 Å². The molecule has 0 saturated heterocycles. The van der Waals surface area contributed by atoms with Crippen molar-refractivity contribution in [3.63, 3.8) is 0 Å². The number of carboxylic acid groups (broad SMARTS) is 1. The van der Waals surface area contributed by atoms with Crippen LogP contribution in [0.5, 0.6) is 0 Å². The Morgan fingerprint density at radius 3 is 2.93 bits per heavy atom. The molecule has 0 fully saturated rings. The van der Waals surface area contributed by atoms with Crippen molar-refractivity contribution in [1.29, 1.82) is 0 Å². The lowest BCUT2D eigenvalue weighted by Crippen LogP contribution is -2.05. The van der Waals surface area contributed by atoms with E-state index in [1.807, 2.05) is 18.4 Å². The number of aliphatic carboxylic acids is 1. The van der Waals surface area contributed by atoms with Crippen LogP contribution in [0.15, 0.2) is 11.4 Å². The molecule has 0 bridgehead atoms. The van der Waals surface area contributed by atoms with Gasteiger partial charge in [-0.3, -0.25) is 4.79 Å². The van der Waals surface area contributed by atoms with E-state index in [1.165, 1.54) is 4.88 Å².